The van der Waals surface area contributed by atoms with Crippen LogP contribution in [0.5, 0.6) is 0 Å². The van der Waals surface area contributed by atoms with Crippen LogP contribution in [-0.2, 0) is 121 Å². The van der Waals surface area contributed by atoms with Gasteiger partial charge < -0.3 is 18.9 Å². The lowest BCUT2D eigenvalue weighted by molar-refractivity contribution is -0.353. The number of hydrogen-bond donors (Lipinski definition) is 7. The monoisotopic (exact) mass is 1270 g/mol. The van der Waals surface area contributed by atoms with E-state index in [1.54, 1.807) is 0 Å². The summed E-state index contributed by atoms with van der Waals surface area (Å²) >= 11 is 0. The second-order valence-corrected chi connectivity index (χ2v) is 29.2. The SMILES string of the molecule is CC(C)CCC[C@@H](C)[C@H]1CC[C@H]2[C@@H]3CC[C@H]4C[C@@H](O[C@@H]5O[C@H](COS(=O)(=O)O)[C@@H](O[C@H]6O[C@H](COS(=O)(=O)O)[C@@H](OS(=O)(=O)O)[C@H](OS(=O)(=O)O)[C@H]6OS(=O)(=O)O)[C@H](OS(=O)(=O)O)[C@H]5OS(=O)(=O)O)CC[C@]4(C)[C@H]3CC[C@]12C. The summed E-state index contributed by atoms with van der Waals surface area (Å²) in [5.41, 5.74) is -0.0695. The molecule has 458 valence electrons. The largest absolute Gasteiger partial charge is 0.397 e. The second kappa shape index (κ2) is 24.5. The van der Waals surface area contributed by atoms with Gasteiger partial charge in [-0.25, -0.2) is 29.3 Å². The van der Waals surface area contributed by atoms with Gasteiger partial charge in [0.25, 0.3) is 0 Å². The van der Waals surface area contributed by atoms with E-state index in [4.69, 9.17) is 27.3 Å². The summed E-state index contributed by atoms with van der Waals surface area (Å²) in [6, 6.07) is 0. The van der Waals surface area contributed by atoms with Crippen molar-refractivity contribution in [2.75, 3.05) is 13.2 Å². The zero-order valence-corrected chi connectivity index (χ0v) is 48.2. The highest BCUT2D eigenvalue weighted by atomic mass is 32.3. The highest BCUT2D eigenvalue weighted by Crippen LogP contribution is 2.68. The third-order valence-corrected chi connectivity index (χ3v) is 19.7. The van der Waals surface area contributed by atoms with Crippen LogP contribution in [0.2, 0.25) is 0 Å². The molecule has 0 aromatic carbocycles. The zero-order valence-electron chi connectivity index (χ0n) is 42.5. The van der Waals surface area contributed by atoms with Crippen LogP contribution in [-0.4, -0.2) is 172 Å². The Kier molecular flexibility index (Phi) is 20.7. The number of ether oxygens (including phenoxy) is 4. The average molecular weight is 1270 g/mol. The molecule has 2 saturated heterocycles. The maximum atomic E-state index is 12.6. The summed E-state index contributed by atoms with van der Waals surface area (Å²) < 4.78 is 293. The first kappa shape index (κ1) is 66.1. The molecule has 0 aromatic heterocycles. The molecule has 7 N–H and O–H groups in total. The fourth-order valence-electron chi connectivity index (χ4n) is 13.7. The Labute approximate surface area is 454 Å². The quantitative estimate of drug-likeness (QED) is 0.0507. The third-order valence-electron chi connectivity index (χ3n) is 16.5. The van der Waals surface area contributed by atoms with E-state index in [9.17, 15) is 90.8 Å². The zero-order chi connectivity index (χ0) is 58.6. The minimum atomic E-state index is -6.13. The summed E-state index contributed by atoms with van der Waals surface area (Å²) in [4.78, 5) is 0. The van der Waals surface area contributed by atoms with Gasteiger partial charge in [0, 0.05) is 0 Å². The molecule has 39 heteroatoms. The van der Waals surface area contributed by atoms with Gasteiger partial charge in [-0.05, 0) is 110 Å². The van der Waals surface area contributed by atoms with E-state index in [0.29, 0.717) is 41.9 Å². The first-order valence-electron chi connectivity index (χ1n) is 24.6. The van der Waals surface area contributed by atoms with Crippen molar-refractivity contribution < 1.29 is 139 Å². The molecule has 0 unspecified atom stereocenters. The van der Waals surface area contributed by atoms with Crippen LogP contribution >= 0.6 is 0 Å². The summed E-state index contributed by atoms with van der Waals surface area (Å²) in [7, 11) is -41.5. The fraction of sp³-hybridized carbons (Fsp3) is 1.00. The molecule has 4 aliphatic carbocycles. The van der Waals surface area contributed by atoms with E-state index < -0.39 is 154 Å². The normalized spacial score (nSPS) is 38.8. The molecule has 6 rings (SSSR count). The lowest BCUT2D eigenvalue weighted by atomic mass is 9.44. The highest BCUT2D eigenvalue weighted by Gasteiger charge is 2.63. The Morgan fingerprint density at radius 1 is 0.474 bits per heavy atom. The van der Waals surface area contributed by atoms with Crippen molar-refractivity contribution in [1.82, 2.24) is 0 Å². The predicted octanol–water partition coefficient (Wildman–Crippen LogP) is 1.91. The van der Waals surface area contributed by atoms with Crippen LogP contribution < -0.4 is 0 Å². The van der Waals surface area contributed by atoms with Gasteiger partial charge in [0.15, 0.2) is 24.8 Å². The Bertz CT molecular complexity index is 2910. The van der Waals surface area contributed by atoms with E-state index in [2.05, 4.69) is 55.5 Å². The molecule has 4 saturated carbocycles. The lowest BCUT2D eigenvalue weighted by Gasteiger charge is -2.61. The predicted molar refractivity (Wildman–Crippen MR) is 257 cm³/mol. The third kappa shape index (κ3) is 17.7. The van der Waals surface area contributed by atoms with Gasteiger partial charge in [0.2, 0.25) is 0 Å². The molecule has 2 aliphatic heterocycles. The molecule has 0 aromatic rings. The summed E-state index contributed by atoms with van der Waals surface area (Å²) in [5.74, 6) is 2.98. The molecule has 0 spiro atoms. The summed E-state index contributed by atoms with van der Waals surface area (Å²) in [6.45, 7) is 8.02. The maximum Gasteiger partial charge on any atom is 0.397 e. The van der Waals surface area contributed by atoms with Crippen LogP contribution in [0, 0.1) is 52.3 Å². The van der Waals surface area contributed by atoms with Crippen LogP contribution in [0.15, 0.2) is 0 Å². The van der Waals surface area contributed by atoms with Gasteiger partial charge in [0.1, 0.15) is 36.6 Å². The number of hydrogen-bond acceptors (Lipinski definition) is 25. The maximum absolute atomic E-state index is 12.6. The minimum Gasteiger partial charge on any atom is -0.347 e. The van der Waals surface area contributed by atoms with Crippen molar-refractivity contribution in [3.63, 3.8) is 0 Å². The van der Waals surface area contributed by atoms with Crippen LogP contribution in [0.4, 0.5) is 0 Å². The highest BCUT2D eigenvalue weighted by molar-refractivity contribution is 7.82. The Hall–Kier alpha value is -1.07. The Morgan fingerprint density at radius 2 is 0.910 bits per heavy atom. The van der Waals surface area contributed by atoms with Crippen LogP contribution in [0.3, 0.4) is 0 Å². The summed E-state index contributed by atoms with van der Waals surface area (Å²) in [5, 5.41) is 0. The van der Waals surface area contributed by atoms with Crippen molar-refractivity contribution in [2.45, 2.75) is 179 Å². The standard InChI is InChI=1S/C39H68O32S7/c1-20(2)7-6-8-21(3)25-11-12-26-24-10-9-22-17-23(13-15-38(22,4)27(24)14-16-39(25,26)5)63-36-34(70-77(55,56)57)32(68-75(49,50)51)30(28(64-36)18-61-72(40,41)42)66-37-35(71-78(58,59)60)33(69-76(52,53)54)31(67-74(46,47)48)29(65-37)19-62-73(43,44)45/h20-37H,6-19H2,1-5H3,(H,40,41,42)(H,43,44,45)(H,46,47,48)(H,49,50,51)(H,52,53,54)(H,55,56,57)(H,58,59,60)/t21-,22+,23+,24+,25-,26+,27+,28-,29-,30-,31-,32+,33+,34-,35-,36-,37-,38+,39-/m1/s1. The molecule has 0 amide bonds. The Balaban J connectivity index is 1.35. The molecule has 2 heterocycles. The molecule has 6 aliphatic rings. The molecule has 78 heavy (non-hydrogen) atoms. The van der Waals surface area contributed by atoms with Gasteiger partial charge in [0.05, 0.1) is 19.3 Å². The molecule has 0 bridgehead atoms. The first-order chi connectivity index (χ1) is 35.4. The molecular formula is C39H68O32S7. The van der Waals surface area contributed by atoms with E-state index in [1.165, 1.54) is 19.3 Å². The topological polar surface area (TPSA) is 482 Å². The van der Waals surface area contributed by atoms with E-state index in [-0.39, 0.29) is 29.6 Å². The molecule has 0 radical (unpaired) electrons. The van der Waals surface area contributed by atoms with Gasteiger partial charge >= 0.3 is 72.8 Å². The number of rotatable bonds is 25. The molecule has 32 nitrogen and oxygen atoms in total. The second-order valence-electron chi connectivity index (χ2n) is 21.8. The van der Waals surface area contributed by atoms with Gasteiger partial charge in [-0.15, -0.1) is 0 Å². The lowest BCUT2D eigenvalue weighted by Crippen LogP contribution is -2.67. The van der Waals surface area contributed by atoms with Crippen molar-refractivity contribution in [3.8, 4) is 0 Å². The minimum absolute atomic E-state index is 0.0504. The van der Waals surface area contributed by atoms with E-state index in [1.807, 2.05) is 0 Å². The van der Waals surface area contributed by atoms with Gasteiger partial charge in [-0.2, -0.15) is 58.9 Å². The summed E-state index contributed by atoms with van der Waals surface area (Å²) in [6.07, 6.45) is -19.6. The fourth-order valence-corrected chi connectivity index (χ4v) is 16.8. The first-order valence-corrected chi connectivity index (χ1v) is 34.1. The van der Waals surface area contributed by atoms with Gasteiger partial charge in [-0.1, -0.05) is 53.9 Å². The number of fused-ring (bicyclic) bond motifs is 5. The van der Waals surface area contributed by atoms with E-state index in [0.717, 1.165) is 38.5 Å². The van der Waals surface area contributed by atoms with Crippen molar-refractivity contribution in [3.05, 3.63) is 0 Å². The van der Waals surface area contributed by atoms with Crippen LogP contribution in [0.25, 0.3) is 0 Å². The van der Waals surface area contributed by atoms with Crippen LogP contribution in [0.1, 0.15) is 112 Å². The van der Waals surface area contributed by atoms with E-state index >= 15 is 0 Å². The molecule has 19 atom stereocenters. The van der Waals surface area contributed by atoms with Crippen molar-refractivity contribution in [1.29, 1.82) is 0 Å². The smallest absolute Gasteiger partial charge is 0.347 e. The molecule has 6 fully saturated rings. The molecular weight excluding hydrogens is 1200 g/mol. The van der Waals surface area contributed by atoms with Gasteiger partial charge in [-0.3, -0.25) is 31.9 Å². The van der Waals surface area contributed by atoms with Crippen molar-refractivity contribution >= 4 is 72.8 Å². The average Bonchev–Trinajstić information content (AvgIpc) is 3.61. The Morgan fingerprint density at radius 3 is 1.40 bits per heavy atom. The van der Waals surface area contributed by atoms with Crippen molar-refractivity contribution in [2.24, 2.45) is 52.3 Å².